The fourth-order valence-corrected chi connectivity index (χ4v) is 4.01. The second kappa shape index (κ2) is 6.59. The van der Waals surface area contributed by atoms with E-state index in [1.54, 1.807) is 18.2 Å². The Bertz CT molecular complexity index is 784. The second-order valence-corrected chi connectivity index (χ2v) is 6.80. The molecule has 0 bridgehead atoms. The standard InChI is InChI=1S/C19H18FNOS/c1-12-6-5-8-14(10-12)17-18(22)16(23-19(17)21-2)11-13-7-3-4-9-15(13)20/h3-10,16,21H,11H2,1-2H3. The predicted octanol–water partition coefficient (Wildman–Crippen LogP) is 3.95. The lowest BCUT2D eigenvalue weighted by Crippen LogP contribution is -2.17. The monoisotopic (exact) mass is 327 g/mol. The number of nitrogens with one attached hydrogen (secondary N) is 1. The lowest BCUT2D eigenvalue weighted by molar-refractivity contribution is -0.113. The van der Waals surface area contributed by atoms with Gasteiger partial charge in [0, 0.05) is 7.05 Å². The molecule has 1 heterocycles. The highest BCUT2D eigenvalue weighted by molar-refractivity contribution is 8.05. The van der Waals surface area contributed by atoms with Crippen molar-refractivity contribution in [1.29, 1.82) is 0 Å². The van der Waals surface area contributed by atoms with E-state index in [1.165, 1.54) is 17.8 Å². The number of rotatable bonds is 4. The molecule has 1 unspecified atom stereocenters. The lowest BCUT2D eigenvalue weighted by Gasteiger charge is -2.09. The first-order valence-electron chi connectivity index (χ1n) is 7.53. The summed E-state index contributed by atoms with van der Waals surface area (Å²) in [6.45, 7) is 2.01. The van der Waals surface area contributed by atoms with Gasteiger partial charge < -0.3 is 5.32 Å². The third-order valence-electron chi connectivity index (χ3n) is 3.92. The number of carbonyl (C=O) groups excluding carboxylic acids is 1. The molecule has 0 fully saturated rings. The molecule has 0 aromatic heterocycles. The van der Waals surface area contributed by atoms with Crippen molar-refractivity contribution >= 4 is 23.1 Å². The molecule has 4 heteroatoms. The van der Waals surface area contributed by atoms with Gasteiger partial charge in [0.1, 0.15) is 5.82 Å². The number of benzene rings is 2. The minimum atomic E-state index is -0.287. The zero-order chi connectivity index (χ0) is 16.4. The van der Waals surface area contributed by atoms with E-state index in [4.69, 9.17) is 0 Å². The third-order valence-corrected chi connectivity index (χ3v) is 5.23. The van der Waals surface area contributed by atoms with Crippen LogP contribution in [0.5, 0.6) is 0 Å². The molecule has 1 atom stereocenters. The Hall–Kier alpha value is -2.07. The van der Waals surface area contributed by atoms with Crippen LogP contribution >= 0.6 is 11.8 Å². The van der Waals surface area contributed by atoms with E-state index in [0.717, 1.165) is 16.2 Å². The average molecular weight is 327 g/mol. The molecule has 2 nitrogen and oxygen atoms in total. The molecule has 0 amide bonds. The quantitative estimate of drug-likeness (QED) is 0.922. The first-order valence-corrected chi connectivity index (χ1v) is 8.41. The SMILES string of the molecule is CNC1=C(c2cccc(C)c2)C(=O)C(Cc2ccccc2F)S1. The Labute approximate surface area is 139 Å². The maximum absolute atomic E-state index is 13.9. The largest absolute Gasteiger partial charge is 0.382 e. The van der Waals surface area contributed by atoms with Gasteiger partial charge >= 0.3 is 0 Å². The van der Waals surface area contributed by atoms with E-state index in [0.29, 0.717) is 17.6 Å². The summed E-state index contributed by atoms with van der Waals surface area (Å²) in [5.41, 5.74) is 3.32. The normalized spacial score (nSPS) is 17.7. The summed E-state index contributed by atoms with van der Waals surface area (Å²) < 4.78 is 13.9. The summed E-state index contributed by atoms with van der Waals surface area (Å²) >= 11 is 1.48. The van der Waals surface area contributed by atoms with Gasteiger partial charge in [0.25, 0.3) is 0 Å². The Morgan fingerprint density at radius 3 is 2.65 bits per heavy atom. The number of ketones is 1. The molecule has 23 heavy (non-hydrogen) atoms. The smallest absolute Gasteiger partial charge is 0.179 e. The van der Waals surface area contributed by atoms with Crippen LogP contribution in [0.1, 0.15) is 16.7 Å². The zero-order valence-electron chi connectivity index (χ0n) is 13.1. The van der Waals surface area contributed by atoms with Crippen LogP contribution in [0.25, 0.3) is 5.57 Å². The van der Waals surface area contributed by atoms with Crippen molar-refractivity contribution in [3.8, 4) is 0 Å². The van der Waals surface area contributed by atoms with Gasteiger partial charge in [-0.25, -0.2) is 4.39 Å². The minimum absolute atomic E-state index is 0.0632. The minimum Gasteiger partial charge on any atom is -0.382 e. The Kier molecular flexibility index (Phi) is 4.53. The molecule has 0 aliphatic carbocycles. The van der Waals surface area contributed by atoms with Crippen molar-refractivity contribution in [2.45, 2.75) is 18.6 Å². The number of carbonyl (C=O) groups is 1. The summed E-state index contributed by atoms with van der Waals surface area (Å²) in [6, 6.07) is 14.6. The van der Waals surface area contributed by atoms with Gasteiger partial charge in [0.05, 0.1) is 15.9 Å². The van der Waals surface area contributed by atoms with Crippen molar-refractivity contribution < 1.29 is 9.18 Å². The van der Waals surface area contributed by atoms with Crippen LogP contribution in [0.4, 0.5) is 4.39 Å². The number of hydrogen-bond donors (Lipinski definition) is 1. The molecule has 118 valence electrons. The van der Waals surface area contributed by atoms with Crippen molar-refractivity contribution in [1.82, 2.24) is 5.32 Å². The van der Waals surface area contributed by atoms with Crippen LogP contribution in [0.2, 0.25) is 0 Å². The third kappa shape index (κ3) is 3.17. The maximum atomic E-state index is 13.9. The van der Waals surface area contributed by atoms with Crippen LogP contribution < -0.4 is 5.32 Å². The summed E-state index contributed by atoms with van der Waals surface area (Å²) in [7, 11) is 1.82. The molecule has 0 radical (unpaired) electrons. The molecular weight excluding hydrogens is 309 g/mol. The van der Waals surface area contributed by atoms with E-state index in [1.807, 2.05) is 38.2 Å². The van der Waals surface area contributed by atoms with Gasteiger partial charge in [-0.05, 0) is 30.5 Å². The fourth-order valence-electron chi connectivity index (χ4n) is 2.78. The molecule has 0 saturated carbocycles. The van der Waals surface area contributed by atoms with Crippen molar-refractivity contribution in [3.05, 3.63) is 76.1 Å². The van der Waals surface area contributed by atoms with Crippen LogP contribution in [0.15, 0.2) is 53.6 Å². The Balaban J connectivity index is 1.90. The van der Waals surface area contributed by atoms with Crippen LogP contribution in [-0.4, -0.2) is 18.1 Å². The van der Waals surface area contributed by atoms with Gasteiger partial charge in [0.15, 0.2) is 5.78 Å². The van der Waals surface area contributed by atoms with E-state index >= 15 is 0 Å². The van der Waals surface area contributed by atoms with Crippen LogP contribution in [0.3, 0.4) is 0 Å². The van der Waals surface area contributed by atoms with Gasteiger partial charge in [-0.15, -0.1) is 0 Å². The number of thioether (sulfide) groups is 1. The summed E-state index contributed by atoms with van der Waals surface area (Å²) in [5.74, 6) is -0.191. The molecule has 2 aromatic carbocycles. The predicted molar refractivity (Wildman–Crippen MR) is 93.6 cm³/mol. The van der Waals surface area contributed by atoms with Crippen LogP contribution in [-0.2, 0) is 11.2 Å². The highest BCUT2D eigenvalue weighted by Gasteiger charge is 2.34. The summed E-state index contributed by atoms with van der Waals surface area (Å²) in [6.07, 6.45) is 0.399. The van der Waals surface area contributed by atoms with Crippen molar-refractivity contribution in [3.63, 3.8) is 0 Å². The molecular formula is C19H18FNOS. The first kappa shape index (κ1) is 15.8. The van der Waals surface area contributed by atoms with Crippen molar-refractivity contribution in [2.75, 3.05) is 7.05 Å². The first-order chi connectivity index (χ1) is 11.1. The molecule has 0 spiro atoms. The molecule has 0 saturated heterocycles. The molecule has 1 aliphatic rings. The zero-order valence-corrected chi connectivity index (χ0v) is 13.9. The van der Waals surface area contributed by atoms with E-state index < -0.39 is 0 Å². The highest BCUT2D eigenvalue weighted by atomic mass is 32.2. The lowest BCUT2D eigenvalue weighted by atomic mass is 9.96. The number of hydrogen-bond acceptors (Lipinski definition) is 3. The van der Waals surface area contributed by atoms with Gasteiger partial charge in [-0.2, -0.15) is 0 Å². The number of aryl methyl sites for hydroxylation is 1. The maximum Gasteiger partial charge on any atom is 0.179 e. The molecule has 1 aliphatic heterocycles. The number of allylic oxidation sites excluding steroid dienone is 1. The summed E-state index contributed by atoms with van der Waals surface area (Å²) in [5, 5.41) is 3.70. The number of Topliss-reactive ketones (excluding diaryl/α,β-unsaturated/α-hetero) is 1. The molecule has 2 aromatic rings. The van der Waals surface area contributed by atoms with Gasteiger partial charge in [-0.1, -0.05) is 59.8 Å². The average Bonchev–Trinajstić information content (AvgIpc) is 2.86. The second-order valence-electron chi connectivity index (χ2n) is 5.59. The highest BCUT2D eigenvalue weighted by Crippen LogP contribution is 2.40. The molecule has 3 rings (SSSR count). The fraction of sp³-hybridized carbons (Fsp3) is 0.211. The topological polar surface area (TPSA) is 29.1 Å². The van der Waals surface area contributed by atoms with E-state index in [9.17, 15) is 9.18 Å². The number of halogens is 1. The Morgan fingerprint density at radius 1 is 1.17 bits per heavy atom. The van der Waals surface area contributed by atoms with Gasteiger partial charge in [0.2, 0.25) is 0 Å². The van der Waals surface area contributed by atoms with Gasteiger partial charge in [-0.3, -0.25) is 4.79 Å². The molecule has 1 N–H and O–H groups in total. The van der Waals surface area contributed by atoms with E-state index in [-0.39, 0.29) is 16.9 Å². The van der Waals surface area contributed by atoms with E-state index in [2.05, 4.69) is 5.32 Å². The van der Waals surface area contributed by atoms with Crippen molar-refractivity contribution in [2.24, 2.45) is 0 Å². The Morgan fingerprint density at radius 2 is 1.96 bits per heavy atom. The summed E-state index contributed by atoms with van der Waals surface area (Å²) in [4.78, 5) is 12.9. The van der Waals surface area contributed by atoms with Crippen LogP contribution in [0, 0.1) is 12.7 Å².